The molecule has 0 saturated carbocycles. The van der Waals surface area contributed by atoms with Gasteiger partial charge in [0.1, 0.15) is 0 Å². The van der Waals surface area contributed by atoms with Gasteiger partial charge in [-0.25, -0.2) is 10.2 Å². The van der Waals surface area contributed by atoms with Crippen molar-refractivity contribution in [3.8, 4) is 0 Å². The van der Waals surface area contributed by atoms with Crippen molar-refractivity contribution in [1.29, 1.82) is 0 Å². The van der Waals surface area contributed by atoms with E-state index < -0.39 is 11.9 Å². The summed E-state index contributed by atoms with van der Waals surface area (Å²) >= 11 is 1.59. The van der Waals surface area contributed by atoms with Gasteiger partial charge in [-0.2, -0.15) is 0 Å². The van der Waals surface area contributed by atoms with Gasteiger partial charge in [0.15, 0.2) is 0 Å². The molecular weight excluding hydrogens is 508 g/mol. The van der Waals surface area contributed by atoms with Gasteiger partial charge in [-0.05, 0) is 71.6 Å². The standard InChI is InChI=1S/C31H28N4O3S/c1-31(2,3)22-16-12-20(13-17-22)28(36)32-23-18-14-21(15-19-23)29(37)33-34-30(38)35-24-8-4-6-10-26(24)39-27-11-7-5-9-25(27)35/h4-19H,1-3H3,(H,32,36)(H,33,37)(H,34,38). The van der Waals surface area contributed by atoms with E-state index in [4.69, 9.17) is 0 Å². The van der Waals surface area contributed by atoms with E-state index in [0.717, 1.165) is 26.7 Å². The van der Waals surface area contributed by atoms with Crippen molar-refractivity contribution < 1.29 is 14.4 Å². The lowest BCUT2D eigenvalue weighted by Gasteiger charge is -2.30. The molecule has 4 amide bonds. The number of nitrogens with zero attached hydrogens (tertiary/aromatic N) is 1. The SMILES string of the molecule is CC(C)(C)c1ccc(C(=O)Nc2ccc(C(=O)NNC(=O)N3c4ccccc4Sc4ccccc43)cc2)cc1. The van der Waals surface area contributed by atoms with E-state index in [1.165, 1.54) is 0 Å². The first kappa shape index (κ1) is 26.1. The number of benzene rings is 4. The van der Waals surface area contributed by atoms with Gasteiger partial charge in [0.25, 0.3) is 11.8 Å². The second kappa shape index (κ2) is 10.7. The molecule has 7 nitrogen and oxygen atoms in total. The molecule has 8 heteroatoms. The van der Waals surface area contributed by atoms with Crippen molar-refractivity contribution in [3.05, 3.63) is 114 Å². The number of carbonyl (C=O) groups excluding carboxylic acids is 3. The van der Waals surface area contributed by atoms with Crippen molar-refractivity contribution in [2.45, 2.75) is 36.0 Å². The summed E-state index contributed by atoms with van der Waals surface area (Å²) in [4.78, 5) is 42.0. The van der Waals surface area contributed by atoms with E-state index in [1.807, 2.05) is 60.7 Å². The van der Waals surface area contributed by atoms with Crippen LogP contribution in [0.2, 0.25) is 0 Å². The Hall–Kier alpha value is -4.56. The van der Waals surface area contributed by atoms with Crippen LogP contribution in [0.4, 0.5) is 21.9 Å². The Morgan fingerprint density at radius 2 is 1.15 bits per heavy atom. The maximum atomic E-state index is 13.2. The molecular formula is C31H28N4O3S. The number of hydrogen-bond acceptors (Lipinski definition) is 4. The van der Waals surface area contributed by atoms with Crippen molar-refractivity contribution >= 4 is 46.7 Å². The summed E-state index contributed by atoms with van der Waals surface area (Å²) in [6.07, 6.45) is 0. The van der Waals surface area contributed by atoms with E-state index >= 15 is 0 Å². The zero-order chi connectivity index (χ0) is 27.6. The Bertz CT molecular complexity index is 1500. The molecule has 0 spiro atoms. The van der Waals surface area contributed by atoms with Crippen LogP contribution in [0.1, 0.15) is 47.1 Å². The molecule has 196 valence electrons. The van der Waals surface area contributed by atoms with Crippen LogP contribution < -0.4 is 21.1 Å². The summed E-state index contributed by atoms with van der Waals surface area (Å²) in [6.45, 7) is 6.36. The van der Waals surface area contributed by atoms with E-state index in [0.29, 0.717) is 16.8 Å². The smallest absolute Gasteiger partial charge is 0.322 e. The molecule has 4 aromatic carbocycles. The van der Waals surface area contributed by atoms with Gasteiger partial charge >= 0.3 is 6.03 Å². The molecule has 0 atom stereocenters. The van der Waals surface area contributed by atoms with E-state index in [2.05, 4.69) is 36.9 Å². The van der Waals surface area contributed by atoms with Crippen LogP contribution in [0.3, 0.4) is 0 Å². The van der Waals surface area contributed by atoms with Gasteiger partial charge in [0, 0.05) is 26.6 Å². The van der Waals surface area contributed by atoms with Gasteiger partial charge in [0.2, 0.25) is 0 Å². The summed E-state index contributed by atoms with van der Waals surface area (Å²) in [5.74, 6) is -0.716. The fourth-order valence-corrected chi connectivity index (χ4v) is 5.25. The summed E-state index contributed by atoms with van der Waals surface area (Å²) < 4.78 is 0. The molecule has 0 saturated heterocycles. The van der Waals surface area contributed by atoms with Crippen molar-refractivity contribution in [1.82, 2.24) is 10.9 Å². The summed E-state index contributed by atoms with van der Waals surface area (Å²) in [7, 11) is 0. The highest BCUT2D eigenvalue weighted by Gasteiger charge is 2.28. The largest absolute Gasteiger partial charge is 0.345 e. The van der Waals surface area contributed by atoms with Gasteiger partial charge < -0.3 is 5.32 Å². The molecule has 0 radical (unpaired) electrons. The Morgan fingerprint density at radius 1 is 0.641 bits per heavy atom. The number of carbonyl (C=O) groups is 3. The minimum absolute atomic E-state index is 0.00665. The van der Waals surface area contributed by atoms with Crippen molar-refractivity contribution in [2.75, 3.05) is 10.2 Å². The zero-order valence-corrected chi connectivity index (χ0v) is 22.6. The number of hydrazine groups is 1. The van der Waals surface area contributed by atoms with Crippen LogP contribution in [-0.2, 0) is 5.41 Å². The van der Waals surface area contributed by atoms with Crippen LogP contribution >= 0.6 is 11.8 Å². The first-order valence-electron chi connectivity index (χ1n) is 12.5. The number of urea groups is 1. The monoisotopic (exact) mass is 536 g/mol. The molecule has 1 aliphatic heterocycles. The van der Waals surface area contributed by atoms with Crippen molar-refractivity contribution in [3.63, 3.8) is 0 Å². The summed E-state index contributed by atoms with van der Waals surface area (Å²) in [6, 6.07) is 28.7. The molecule has 0 bridgehead atoms. The van der Waals surface area contributed by atoms with E-state index in [-0.39, 0.29) is 11.3 Å². The fraction of sp³-hybridized carbons (Fsp3) is 0.129. The second-order valence-electron chi connectivity index (χ2n) is 10.1. The highest BCUT2D eigenvalue weighted by molar-refractivity contribution is 7.99. The van der Waals surface area contributed by atoms with Gasteiger partial charge in [-0.3, -0.25) is 19.9 Å². The minimum atomic E-state index is -0.482. The first-order chi connectivity index (χ1) is 18.7. The average molecular weight is 537 g/mol. The Morgan fingerprint density at radius 3 is 1.72 bits per heavy atom. The maximum Gasteiger partial charge on any atom is 0.345 e. The van der Waals surface area contributed by atoms with E-state index in [1.54, 1.807) is 53.1 Å². The predicted octanol–water partition coefficient (Wildman–Crippen LogP) is 6.89. The fourth-order valence-electron chi connectivity index (χ4n) is 4.19. The van der Waals surface area contributed by atoms with Crippen LogP contribution in [0, 0.1) is 0 Å². The number of para-hydroxylation sites is 2. The number of nitrogens with one attached hydrogen (secondary N) is 3. The molecule has 3 N–H and O–H groups in total. The summed E-state index contributed by atoms with van der Waals surface area (Å²) in [5, 5.41) is 2.85. The van der Waals surface area contributed by atoms with Gasteiger partial charge in [-0.15, -0.1) is 0 Å². The molecule has 4 aromatic rings. The lowest BCUT2D eigenvalue weighted by molar-refractivity contribution is 0.0937. The molecule has 1 aliphatic rings. The lowest BCUT2D eigenvalue weighted by Crippen LogP contribution is -2.48. The minimum Gasteiger partial charge on any atom is -0.322 e. The number of fused-ring (bicyclic) bond motifs is 2. The number of anilines is 3. The Labute approximate surface area is 231 Å². The van der Waals surface area contributed by atoms with E-state index in [9.17, 15) is 14.4 Å². The molecule has 39 heavy (non-hydrogen) atoms. The highest BCUT2D eigenvalue weighted by atomic mass is 32.2. The predicted molar refractivity (Wildman–Crippen MR) is 155 cm³/mol. The number of amides is 4. The molecule has 0 aliphatic carbocycles. The lowest BCUT2D eigenvalue weighted by atomic mass is 9.87. The molecule has 0 fully saturated rings. The van der Waals surface area contributed by atoms with Crippen LogP contribution in [0.5, 0.6) is 0 Å². The van der Waals surface area contributed by atoms with Gasteiger partial charge in [-0.1, -0.05) is 68.9 Å². The third kappa shape index (κ3) is 5.66. The molecule has 0 unspecified atom stereocenters. The molecule has 5 rings (SSSR count). The third-order valence-corrected chi connectivity index (χ3v) is 7.47. The number of rotatable bonds is 3. The zero-order valence-electron chi connectivity index (χ0n) is 21.8. The van der Waals surface area contributed by atoms with Crippen LogP contribution in [-0.4, -0.2) is 17.8 Å². The normalized spacial score (nSPS) is 12.1. The Kier molecular flexibility index (Phi) is 7.13. The molecule has 1 heterocycles. The van der Waals surface area contributed by atoms with Gasteiger partial charge in [0.05, 0.1) is 11.4 Å². The first-order valence-corrected chi connectivity index (χ1v) is 13.3. The molecule has 0 aromatic heterocycles. The number of hydrogen-bond donors (Lipinski definition) is 3. The second-order valence-corrected chi connectivity index (χ2v) is 11.2. The van der Waals surface area contributed by atoms with Crippen LogP contribution in [0.25, 0.3) is 0 Å². The van der Waals surface area contributed by atoms with Crippen molar-refractivity contribution in [2.24, 2.45) is 0 Å². The maximum absolute atomic E-state index is 13.2. The highest BCUT2D eigenvalue weighted by Crippen LogP contribution is 2.47. The summed E-state index contributed by atoms with van der Waals surface area (Å²) in [5.41, 5.74) is 9.07. The quantitative estimate of drug-likeness (QED) is 0.249. The third-order valence-electron chi connectivity index (χ3n) is 6.34. The average Bonchev–Trinajstić information content (AvgIpc) is 2.94. The topological polar surface area (TPSA) is 90.5 Å². The Balaban J connectivity index is 1.21. The van der Waals surface area contributed by atoms with Crippen LogP contribution in [0.15, 0.2) is 107 Å².